The van der Waals surface area contributed by atoms with Crippen LogP contribution in [0.1, 0.15) is 11.1 Å². The molecule has 0 heterocycles. The van der Waals surface area contributed by atoms with Crippen LogP contribution in [0.2, 0.25) is 0 Å². The Kier molecular flexibility index (Phi) is 4.27. The fraction of sp³-hybridized carbons (Fsp3) is 0.0714. The van der Waals surface area contributed by atoms with Crippen LogP contribution in [0.4, 0.5) is 0 Å². The first kappa shape index (κ1) is 13.0. The Balaban J connectivity index is 3.26. The summed E-state index contributed by atoms with van der Waals surface area (Å²) >= 11 is 0. The van der Waals surface area contributed by atoms with Crippen molar-refractivity contribution in [1.82, 2.24) is 0 Å². The van der Waals surface area contributed by atoms with Gasteiger partial charge in [-0.2, -0.15) is 15.8 Å². The fourth-order valence-electron chi connectivity index (χ4n) is 1.28. The summed E-state index contributed by atoms with van der Waals surface area (Å²) in [5, 5.41) is 26.4. The van der Waals surface area contributed by atoms with Gasteiger partial charge in [0.2, 0.25) is 0 Å². The zero-order valence-electron chi connectivity index (χ0n) is 9.81. The van der Waals surface area contributed by atoms with Gasteiger partial charge in [0.15, 0.2) is 5.57 Å². The number of nitrogens with two attached hydrogens (primary N) is 1. The van der Waals surface area contributed by atoms with Crippen LogP contribution in [0.5, 0.6) is 0 Å². The summed E-state index contributed by atoms with van der Waals surface area (Å²) in [5.41, 5.74) is 7.26. The van der Waals surface area contributed by atoms with Gasteiger partial charge in [-0.3, -0.25) is 0 Å². The zero-order chi connectivity index (χ0) is 13.5. The van der Waals surface area contributed by atoms with Gasteiger partial charge >= 0.3 is 0 Å². The maximum Gasteiger partial charge on any atom is 0.153 e. The van der Waals surface area contributed by atoms with Gasteiger partial charge in [0.05, 0.1) is 11.3 Å². The molecule has 0 saturated carbocycles. The molecular weight excluding hydrogens is 224 g/mol. The van der Waals surface area contributed by atoms with Crippen LogP contribution in [0.3, 0.4) is 0 Å². The van der Waals surface area contributed by atoms with E-state index in [1.54, 1.807) is 18.2 Å². The zero-order valence-corrected chi connectivity index (χ0v) is 9.81. The number of nitrogens with zero attached hydrogens (tertiary/aromatic N) is 3. The standard InChI is InChI=1S/C14H10N4/c1-10-2-4-11(5-3-10)6-12(7-15)14(18)13(8-16)9-17/h2-6H,18H2,1H3. The normalized spacial score (nSPS) is 9.78. The maximum atomic E-state index is 9.00. The molecule has 1 rings (SSSR count). The van der Waals surface area contributed by atoms with Crippen LogP contribution in [0.25, 0.3) is 6.08 Å². The number of allylic oxidation sites excluding steroid dienone is 2. The van der Waals surface area contributed by atoms with Crippen molar-refractivity contribution < 1.29 is 0 Å². The lowest BCUT2D eigenvalue weighted by molar-refractivity contribution is 1.31. The highest BCUT2D eigenvalue weighted by Crippen LogP contribution is 2.14. The first-order chi connectivity index (χ1) is 8.62. The molecule has 0 aliphatic heterocycles. The van der Waals surface area contributed by atoms with Crippen LogP contribution < -0.4 is 5.73 Å². The molecule has 1 aromatic carbocycles. The van der Waals surface area contributed by atoms with Crippen molar-refractivity contribution in [2.75, 3.05) is 0 Å². The average molecular weight is 234 g/mol. The van der Waals surface area contributed by atoms with Crippen molar-refractivity contribution in [3.05, 3.63) is 52.2 Å². The predicted molar refractivity (Wildman–Crippen MR) is 67.2 cm³/mol. The molecule has 0 saturated heterocycles. The summed E-state index contributed by atoms with van der Waals surface area (Å²) in [6.07, 6.45) is 1.55. The summed E-state index contributed by atoms with van der Waals surface area (Å²) in [6, 6.07) is 12.7. The van der Waals surface area contributed by atoms with Crippen molar-refractivity contribution in [2.24, 2.45) is 5.73 Å². The minimum absolute atomic E-state index is 0.0944. The SMILES string of the molecule is Cc1ccc(C=C(C#N)C(N)=C(C#N)C#N)cc1. The summed E-state index contributed by atoms with van der Waals surface area (Å²) < 4.78 is 0. The molecule has 0 radical (unpaired) electrons. The topological polar surface area (TPSA) is 97.4 Å². The van der Waals surface area contributed by atoms with E-state index in [1.807, 2.05) is 37.3 Å². The number of hydrogen-bond donors (Lipinski definition) is 1. The highest BCUT2D eigenvalue weighted by atomic mass is 14.6. The number of aryl methyl sites for hydroxylation is 1. The van der Waals surface area contributed by atoms with E-state index >= 15 is 0 Å². The molecule has 18 heavy (non-hydrogen) atoms. The number of rotatable bonds is 2. The molecule has 2 N–H and O–H groups in total. The second-order valence-corrected chi connectivity index (χ2v) is 3.59. The van der Waals surface area contributed by atoms with Crippen LogP contribution in [0.15, 0.2) is 41.1 Å². The molecule has 4 nitrogen and oxygen atoms in total. The summed E-state index contributed by atoms with van der Waals surface area (Å²) in [4.78, 5) is 0. The molecule has 0 spiro atoms. The van der Waals surface area contributed by atoms with E-state index in [-0.39, 0.29) is 16.8 Å². The van der Waals surface area contributed by atoms with Crippen LogP contribution in [-0.4, -0.2) is 0 Å². The van der Waals surface area contributed by atoms with E-state index < -0.39 is 0 Å². The smallest absolute Gasteiger partial charge is 0.153 e. The summed E-state index contributed by atoms with van der Waals surface area (Å²) in [5.74, 6) is 0. The van der Waals surface area contributed by atoms with Gasteiger partial charge in [-0.15, -0.1) is 0 Å². The van der Waals surface area contributed by atoms with Crippen molar-refractivity contribution >= 4 is 6.08 Å². The second kappa shape index (κ2) is 5.89. The lowest BCUT2D eigenvalue weighted by Gasteiger charge is -2.00. The van der Waals surface area contributed by atoms with Gasteiger partial charge in [-0.25, -0.2) is 0 Å². The minimum Gasteiger partial charge on any atom is -0.396 e. The summed E-state index contributed by atoms with van der Waals surface area (Å²) in [6.45, 7) is 1.95. The van der Waals surface area contributed by atoms with Gasteiger partial charge in [0, 0.05) is 0 Å². The number of hydrogen-bond acceptors (Lipinski definition) is 4. The Morgan fingerprint density at radius 3 is 2.06 bits per heavy atom. The molecule has 0 aliphatic rings. The molecule has 0 atom stereocenters. The van der Waals surface area contributed by atoms with Gasteiger partial charge in [0.1, 0.15) is 18.2 Å². The largest absolute Gasteiger partial charge is 0.396 e. The first-order valence-corrected chi connectivity index (χ1v) is 5.11. The Morgan fingerprint density at radius 1 is 1.06 bits per heavy atom. The van der Waals surface area contributed by atoms with E-state index in [4.69, 9.17) is 21.5 Å². The Hall–Kier alpha value is -3.03. The van der Waals surface area contributed by atoms with Crippen LogP contribution in [-0.2, 0) is 0 Å². The van der Waals surface area contributed by atoms with Gasteiger partial charge in [0.25, 0.3) is 0 Å². The number of nitriles is 3. The molecule has 0 fully saturated rings. The third kappa shape index (κ3) is 2.98. The molecule has 0 amide bonds. The lowest BCUT2D eigenvalue weighted by atomic mass is 10.1. The molecule has 1 aromatic rings. The highest BCUT2D eigenvalue weighted by molar-refractivity contribution is 5.66. The van der Waals surface area contributed by atoms with Crippen molar-refractivity contribution in [2.45, 2.75) is 6.92 Å². The molecule has 0 aliphatic carbocycles. The summed E-state index contributed by atoms with van der Waals surface area (Å²) in [7, 11) is 0. The second-order valence-electron chi connectivity index (χ2n) is 3.59. The number of benzene rings is 1. The lowest BCUT2D eigenvalue weighted by Crippen LogP contribution is -2.03. The monoisotopic (exact) mass is 234 g/mol. The van der Waals surface area contributed by atoms with Crippen LogP contribution in [0, 0.1) is 40.9 Å². The minimum atomic E-state index is -0.255. The molecule has 4 heteroatoms. The Bertz CT molecular complexity index is 612. The molecular formula is C14H10N4. The quantitative estimate of drug-likeness (QED) is 0.626. The third-order valence-electron chi connectivity index (χ3n) is 2.29. The molecule has 86 valence electrons. The predicted octanol–water partition coefficient (Wildman–Crippen LogP) is 2.16. The molecule has 0 aromatic heterocycles. The van der Waals surface area contributed by atoms with E-state index in [2.05, 4.69) is 0 Å². The van der Waals surface area contributed by atoms with E-state index in [0.29, 0.717) is 0 Å². The van der Waals surface area contributed by atoms with E-state index in [0.717, 1.165) is 11.1 Å². The van der Waals surface area contributed by atoms with Crippen molar-refractivity contribution in [3.8, 4) is 18.2 Å². The first-order valence-electron chi connectivity index (χ1n) is 5.11. The molecule has 0 bridgehead atoms. The van der Waals surface area contributed by atoms with E-state index in [1.165, 1.54) is 0 Å². The Labute approximate surface area is 105 Å². The van der Waals surface area contributed by atoms with Crippen molar-refractivity contribution in [1.29, 1.82) is 15.8 Å². The van der Waals surface area contributed by atoms with Gasteiger partial charge in [-0.05, 0) is 18.6 Å². The molecule has 0 unspecified atom stereocenters. The van der Waals surface area contributed by atoms with Gasteiger partial charge in [-0.1, -0.05) is 29.8 Å². The van der Waals surface area contributed by atoms with Gasteiger partial charge < -0.3 is 5.73 Å². The van der Waals surface area contributed by atoms with E-state index in [9.17, 15) is 0 Å². The maximum absolute atomic E-state index is 9.00. The average Bonchev–Trinajstić information content (AvgIpc) is 2.39. The highest BCUT2D eigenvalue weighted by Gasteiger charge is 2.07. The fourth-order valence-corrected chi connectivity index (χ4v) is 1.28. The third-order valence-corrected chi connectivity index (χ3v) is 2.29. The Morgan fingerprint density at radius 2 is 1.61 bits per heavy atom. The van der Waals surface area contributed by atoms with Crippen LogP contribution >= 0.6 is 0 Å². The van der Waals surface area contributed by atoms with Crippen molar-refractivity contribution in [3.63, 3.8) is 0 Å².